The predicted molar refractivity (Wildman–Crippen MR) is 83.5 cm³/mol. The molecule has 0 saturated carbocycles. The molecular weight excluding hydrogens is 265 g/mol. The molecule has 2 aromatic rings. The summed E-state index contributed by atoms with van der Waals surface area (Å²) in [7, 11) is -0.351. The third-order valence-electron chi connectivity index (χ3n) is 4.50. The number of hydrogen-bond donors (Lipinski definition) is 0. The fraction of sp³-hybridized carbons (Fsp3) is 0.600. The molecule has 5 nitrogen and oxygen atoms in total. The van der Waals surface area contributed by atoms with Gasteiger partial charge in [0, 0.05) is 6.54 Å². The van der Waals surface area contributed by atoms with Crippen molar-refractivity contribution in [1.29, 1.82) is 0 Å². The largest absolute Gasteiger partial charge is 0.494 e. The van der Waals surface area contributed by atoms with Gasteiger partial charge in [-0.05, 0) is 51.7 Å². The van der Waals surface area contributed by atoms with Crippen LogP contribution in [-0.2, 0) is 15.9 Å². The van der Waals surface area contributed by atoms with Gasteiger partial charge in [0.05, 0.1) is 16.7 Å². The van der Waals surface area contributed by atoms with E-state index in [-0.39, 0.29) is 18.3 Å². The molecule has 112 valence electrons. The van der Waals surface area contributed by atoms with Gasteiger partial charge in [0.2, 0.25) is 0 Å². The van der Waals surface area contributed by atoms with Crippen LogP contribution < -0.4 is 5.46 Å². The molecule has 0 atom stereocenters. The van der Waals surface area contributed by atoms with E-state index in [4.69, 9.17) is 9.31 Å². The van der Waals surface area contributed by atoms with Gasteiger partial charge in [0.25, 0.3) is 0 Å². The fourth-order valence-corrected chi connectivity index (χ4v) is 2.49. The maximum Gasteiger partial charge on any atom is 0.494 e. The van der Waals surface area contributed by atoms with Gasteiger partial charge in [-0.3, -0.25) is 0 Å². The lowest BCUT2D eigenvalue weighted by molar-refractivity contribution is 0.00578. The van der Waals surface area contributed by atoms with E-state index in [1.165, 1.54) is 0 Å². The Balaban J connectivity index is 1.92. The smallest absolute Gasteiger partial charge is 0.399 e. The van der Waals surface area contributed by atoms with Gasteiger partial charge in [-0.25, -0.2) is 4.68 Å². The SMILES string of the molecule is CCCn1nnc2cc(B3OC(C)(C)C(C)(C)O3)ccc21. The van der Waals surface area contributed by atoms with Crippen molar-refractivity contribution in [3.05, 3.63) is 18.2 Å². The lowest BCUT2D eigenvalue weighted by atomic mass is 9.79. The number of hydrogen-bond acceptors (Lipinski definition) is 4. The standard InChI is InChI=1S/C15H22BN3O2/c1-6-9-19-13-8-7-11(10-12(13)17-18-19)16-20-14(2,3)15(4,5)21-16/h7-8,10H,6,9H2,1-5H3. The summed E-state index contributed by atoms with van der Waals surface area (Å²) in [4.78, 5) is 0. The molecule has 0 bridgehead atoms. The topological polar surface area (TPSA) is 49.2 Å². The van der Waals surface area contributed by atoms with Crippen LogP contribution in [0.2, 0.25) is 0 Å². The number of rotatable bonds is 3. The minimum absolute atomic E-state index is 0.327. The Morgan fingerprint density at radius 1 is 1.14 bits per heavy atom. The highest BCUT2D eigenvalue weighted by Gasteiger charge is 2.51. The van der Waals surface area contributed by atoms with Crippen molar-refractivity contribution in [3.63, 3.8) is 0 Å². The highest BCUT2D eigenvalue weighted by atomic mass is 16.7. The number of fused-ring (bicyclic) bond motifs is 1. The maximum atomic E-state index is 6.08. The Morgan fingerprint density at radius 3 is 2.43 bits per heavy atom. The molecular formula is C15H22BN3O2. The number of nitrogens with zero attached hydrogens (tertiary/aromatic N) is 3. The molecule has 0 aliphatic carbocycles. The zero-order chi connectivity index (χ0) is 15.3. The van der Waals surface area contributed by atoms with Gasteiger partial charge in [-0.15, -0.1) is 5.10 Å². The minimum atomic E-state index is -0.351. The molecule has 0 spiro atoms. The average molecular weight is 287 g/mol. The first-order valence-corrected chi connectivity index (χ1v) is 7.53. The molecule has 1 aliphatic rings. The molecule has 21 heavy (non-hydrogen) atoms. The van der Waals surface area contributed by atoms with E-state index >= 15 is 0 Å². The van der Waals surface area contributed by atoms with E-state index in [1.54, 1.807) is 0 Å². The van der Waals surface area contributed by atoms with E-state index in [0.717, 1.165) is 29.5 Å². The first kappa shape index (κ1) is 14.5. The highest BCUT2D eigenvalue weighted by molar-refractivity contribution is 6.62. The third kappa shape index (κ3) is 2.36. The Kier molecular flexibility index (Phi) is 3.33. The number of benzene rings is 1. The Labute approximate surface area is 125 Å². The van der Waals surface area contributed by atoms with Crippen LogP contribution in [0.5, 0.6) is 0 Å². The van der Waals surface area contributed by atoms with Crippen molar-refractivity contribution in [3.8, 4) is 0 Å². The first-order valence-electron chi connectivity index (χ1n) is 7.53. The minimum Gasteiger partial charge on any atom is -0.399 e. The molecule has 0 amide bonds. The summed E-state index contributed by atoms with van der Waals surface area (Å²) >= 11 is 0. The lowest BCUT2D eigenvalue weighted by Crippen LogP contribution is -2.41. The van der Waals surface area contributed by atoms with Gasteiger partial charge < -0.3 is 9.31 Å². The van der Waals surface area contributed by atoms with Crippen LogP contribution in [0.1, 0.15) is 41.0 Å². The van der Waals surface area contributed by atoms with Crippen LogP contribution in [-0.4, -0.2) is 33.3 Å². The Morgan fingerprint density at radius 2 is 1.81 bits per heavy atom. The second kappa shape index (κ2) is 4.82. The lowest BCUT2D eigenvalue weighted by Gasteiger charge is -2.32. The zero-order valence-corrected chi connectivity index (χ0v) is 13.4. The van der Waals surface area contributed by atoms with Crippen molar-refractivity contribution < 1.29 is 9.31 Å². The van der Waals surface area contributed by atoms with E-state index in [9.17, 15) is 0 Å². The second-order valence-electron chi connectivity index (χ2n) is 6.65. The first-order chi connectivity index (χ1) is 9.84. The summed E-state index contributed by atoms with van der Waals surface area (Å²) < 4.78 is 14.1. The van der Waals surface area contributed by atoms with Gasteiger partial charge in [-0.2, -0.15) is 0 Å². The molecule has 1 saturated heterocycles. The summed E-state index contributed by atoms with van der Waals surface area (Å²) in [6.07, 6.45) is 1.04. The quantitative estimate of drug-likeness (QED) is 0.812. The van der Waals surface area contributed by atoms with Crippen LogP contribution in [0.15, 0.2) is 18.2 Å². The van der Waals surface area contributed by atoms with Crippen LogP contribution in [0.25, 0.3) is 11.0 Å². The molecule has 0 radical (unpaired) electrons. The molecule has 6 heteroatoms. The molecule has 2 heterocycles. The Hall–Kier alpha value is -1.40. The normalized spacial score (nSPS) is 20.3. The number of aromatic nitrogens is 3. The van der Waals surface area contributed by atoms with Crippen molar-refractivity contribution in [2.75, 3.05) is 0 Å². The van der Waals surface area contributed by atoms with Crippen LogP contribution >= 0.6 is 0 Å². The second-order valence-corrected chi connectivity index (χ2v) is 6.65. The fourth-order valence-electron chi connectivity index (χ4n) is 2.49. The third-order valence-corrected chi connectivity index (χ3v) is 4.50. The monoisotopic (exact) mass is 287 g/mol. The van der Waals surface area contributed by atoms with Gasteiger partial charge in [-0.1, -0.05) is 18.2 Å². The van der Waals surface area contributed by atoms with Crippen molar-refractivity contribution in [2.24, 2.45) is 0 Å². The summed E-state index contributed by atoms with van der Waals surface area (Å²) in [6, 6.07) is 6.10. The highest BCUT2D eigenvalue weighted by Crippen LogP contribution is 2.36. The van der Waals surface area contributed by atoms with Crippen LogP contribution in [0.3, 0.4) is 0 Å². The van der Waals surface area contributed by atoms with Crippen molar-refractivity contribution in [2.45, 2.75) is 58.8 Å². The molecule has 0 unspecified atom stereocenters. The van der Waals surface area contributed by atoms with Gasteiger partial charge in [0.1, 0.15) is 5.52 Å². The Bertz CT molecular complexity index is 650. The summed E-state index contributed by atoms with van der Waals surface area (Å²) in [6.45, 7) is 11.2. The van der Waals surface area contributed by atoms with Crippen molar-refractivity contribution >= 4 is 23.6 Å². The summed E-state index contributed by atoms with van der Waals surface area (Å²) in [5.41, 5.74) is 2.27. The summed E-state index contributed by atoms with van der Waals surface area (Å²) in [5.74, 6) is 0. The van der Waals surface area contributed by atoms with E-state index in [0.29, 0.717) is 0 Å². The molecule has 0 N–H and O–H groups in total. The van der Waals surface area contributed by atoms with E-state index in [2.05, 4.69) is 44.9 Å². The molecule has 1 fully saturated rings. The molecule has 3 rings (SSSR count). The zero-order valence-electron chi connectivity index (χ0n) is 13.4. The molecule has 1 aliphatic heterocycles. The maximum absolute atomic E-state index is 6.08. The predicted octanol–water partition coefficient (Wildman–Crippen LogP) is 2.14. The van der Waals surface area contributed by atoms with E-state index in [1.807, 2.05) is 22.9 Å². The molecule has 1 aromatic carbocycles. The van der Waals surface area contributed by atoms with Crippen molar-refractivity contribution in [1.82, 2.24) is 15.0 Å². The number of aryl methyl sites for hydroxylation is 1. The van der Waals surface area contributed by atoms with Gasteiger partial charge in [0.15, 0.2) is 0 Å². The van der Waals surface area contributed by atoms with Gasteiger partial charge >= 0.3 is 7.12 Å². The molecule has 1 aromatic heterocycles. The van der Waals surface area contributed by atoms with E-state index < -0.39 is 0 Å². The average Bonchev–Trinajstić information content (AvgIpc) is 2.89. The summed E-state index contributed by atoms with van der Waals surface area (Å²) in [5, 5.41) is 8.44. The van der Waals surface area contributed by atoms with Crippen LogP contribution in [0.4, 0.5) is 0 Å². The van der Waals surface area contributed by atoms with Crippen LogP contribution in [0, 0.1) is 0 Å².